The smallest absolute Gasteiger partial charge is 0.315 e. The maximum absolute atomic E-state index is 11.5. The Hall–Kier alpha value is -1.39. The molecule has 1 saturated heterocycles. The van der Waals surface area contributed by atoms with Gasteiger partial charge in [-0.05, 0) is 12.1 Å². The van der Waals surface area contributed by atoms with Gasteiger partial charge in [-0.3, -0.25) is 4.89 Å². The lowest BCUT2D eigenvalue weighted by Gasteiger charge is -2.37. The summed E-state index contributed by atoms with van der Waals surface area (Å²) in [5, 5.41) is 3.15. The van der Waals surface area contributed by atoms with Crippen molar-refractivity contribution in [3.63, 3.8) is 0 Å². The quantitative estimate of drug-likeness (QED) is 0.616. The lowest BCUT2D eigenvalue weighted by Crippen LogP contribution is -2.54. The molecule has 0 spiro atoms. The Balaban J connectivity index is 1.76. The Kier molecular flexibility index (Phi) is 3.22. The monoisotopic (exact) mass is 221 g/mol. The molecule has 1 fully saturated rings. The fraction of sp³-hybridized carbons (Fsp3) is 0.417. The molecule has 4 nitrogen and oxygen atoms in total. The van der Waals surface area contributed by atoms with E-state index in [-0.39, 0.29) is 5.41 Å². The van der Waals surface area contributed by atoms with Crippen molar-refractivity contribution in [3.8, 4) is 0 Å². The van der Waals surface area contributed by atoms with E-state index in [1.54, 1.807) is 24.3 Å². The summed E-state index contributed by atoms with van der Waals surface area (Å²) < 4.78 is 0. The molecule has 2 rings (SSSR count). The average molecular weight is 221 g/mol. The molecule has 0 saturated carbocycles. The van der Waals surface area contributed by atoms with Gasteiger partial charge in [0.1, 0.15) is 6.61 Å². The third-order valence-electron chi connectivity index (χ3n) is 2.66. The van der Waals surface area contributed by atoms with Crippen LogP contribution in [-0.4, -0.2) is 25.7 Å². The van der Waals surface area contributed by atoms with Gasteiger partial charge in [0.2, 0.25) is 0 Å². The van der Waals surface area contributed by atoms with Crippen LogP contribution < -0.4 is 5.32 Å². The Labute approximate surface area is 94.5 Å². The summed E-state index contributed by atoms with van der Waals surface area (Å²) in [4.78, 5) is 21.2. The first-order valence-electron chi connectivity index (χ1n) is 5.29. The molecule has 1 aromatic carbocycles. The minimum atomic E-state index is -0.448. The van der Waals surface area contributed by atoms with Crippen LogP contribution in [0.3, 0.4) is 0 Å². The van der Waals surface area contributed by atoms with E-state index in [9.17, 15) is 4.79 Å². The van der Waals surface area contributed by atoms with Crippen LogP contribution in [0.1, 0.15) is 17.3 Å². The van der Waals surface area contributed by atoms with Crippen LogP contribution in [0.5, 0.6) is 0 Å². The lowest BCUT2D eigenvalue weighted by molar-refractivity contribution is -0.261. The van der Waals surface area contributed by atoms with Crippen LogP contribution in [0.25, 0.3) is 0 Å². The molecule has 86 valence electrons. The molecule has 16 heavy (non-hydrogen) atoms. The van der Waals surface area contributed by atoms with Gasteiger partial charge in [-0.15, -0.1) is 0 Å². The number of carbonyl (C=O) groups is 1. The zero-order valence-corrected chi connectivity index (χ0v) is 9.23. The van der Waals surface area contributed by atoms with Gasteiger partial charge in [0, 0.05) is 18.5 Å². The molecule has 0 aromatic heterocycles. The second-order valence-electron chi connectivity index (χ2n) is 4.41. The topological polar surface area (TPSA) is 47.6 Å². The Bertz CT molecular complexity index is 360. The Morgan fingerprint density at radius 3 is 2.62 bits per heavy atom. The fourth-order valence-electron chi connectivity index (χ4n) is 1.50. The first-order chi connectivity index (χ1) is 7.70. The second kappa shape index (κ2) is 4.63. The zero-order valence-electron chi connectivity index (χ0n) is 9.23. The summed E-state index contributed by atoms with van der Waals surface area (Å²) in [6.45, 7) is 4.31. The van der Waals surface area contributed by atoms with Gasteiger partial charge < -0.3 is 5.32 Å². The number of carbonyl (C=O) groups excluding carboxylic acids is 1. The van der Waals surface area contributed by atoms with Gasteiger partial charge in [-0.25, -0.2) is 4.79 Å². The molecule has 0 amide bonds. The van der Waals surface area contributed by atoms with Crippen LogP contribution in [0.2, 0.25) is 0 Å². The highest BCUT2D eigenvalue weighted by Gasteiger charge is 2.32. The molecule has 0 atom stereocenters. The van der Waals surface area contributed by atoms with Crippen LogP contribution in [0, 0.1) is 5.41 Å². The summed E-state index contributed by atoms with van der Waals surface area (Å²) in [6, 6.07) is 8.80. The van der Waals surface area contributed by atoms with E-state index in [2.05, 4.69) is 12.2 Å². The number of hydrogen-bond acceptors (Lipinski definition) is 4. The minimum absolute atomic E-state index is 0.0942. The van der Waals surface area contributed by atoms with Gasteiger partial charge in [0.15, 0.2) is 0 Å². The van der Waals surface area contributed by atoms with Gasteiger partial charge in [-0.2, -0.15) is 4.89 Å². The highest BCUT2D eigenvalue weighted by Crippen LogP contribution is 2.21. The molecule has 0 bridgehead atoms. The third kappa shape index (κ3) is 2.59. The van der Waals surface area contributed by atoms with E-state index in [4.69, 9.17) is 9.78 Å². The first kappa shape index (κ1) is 11.1. The van der Waals surface area contributed by atoms with Crippen molar-refractivity contribution in [2.45, 2.75) is 6.92 Å². The summed E-state index contributed by atoms with van der Waals surface area (Å²) in [7, 11) is 0. The van der Waals surface area contributed by atoms with E-state index < -0.39 is 5.97 Å². The van der Waals surface area contributed by atoms with Crippen molar-refractivity contribution in [1.29, 1.82) is 0 Å². The summed E-state index contributed by atoms with van der Waals surface area (Å²) in [5.74, 6) is -0.448. The van der Waals surface area contributed by atoms with Gasteiger partial charge in [-0.1, -0.05) is 25.1 Å². The van der Waals surface area contributed by atoms with E-state index >= 15 is 0 Å². The standard InChI is InChI=1S/C12H15NO3/c1-12(7-13-8-12)9-15-16-11(14)10-5-3-2-4-6-10/h2-6,13H,7-9H2,1H3. The molecule has 0 unspecified atom stereocenters. The number of nitrogens with one attached hydrogen (secondary N) is 1. The van der Waals surface area contributed by atoms with E-state index in [1.165, 1.54) is 0 Å². The Morgan fingerprint density at radius 2 is 2.06 bits per heavy atom. The van der Waals surface area contributed by atoms with E-state index in [0.29, 0.717) is 12.2 Å². The molecule has 1 aromatic rings. The summed E-state index contributed by atoms with van der Waals surface area (Å²) in [5.41, 5.74) is 0.594. The molecular weight excluding hydrogens is 206 g/mol. The van der Waals surface area contributed by atoms with Crippen molar-refractivity contribution in [2.24, 2.45) is 5.41 Å². The summed E-state index contributed by atoms with van der Waals surface area (Å²) >= 11 is 0. The van der Waals surface area contributed by atoms with E-state index in [1.807, 2.05) is 6.07 Å². The van der Waals surface area contributed by atoms with E-state index in [0.717, 1.165) is 13.1 Å². The van der Waals surface area contributed by atoms with Crippen molar-refractivity contribution in [3.05, 3.63) is 35.9 Å². The first-order valence-corrected chi connectivity index (χ1v) is 5.29. The van der Waals surface area contributed by atoms with Crippen LogP contribution in [0.15, 0.2) is 30.3 Å². The van der Waals surface area contributed by atoms with Crippen molar-refractivity contribution in [1.82, 2.24) is 5.32 Å². The Morgan fingerprint density at radius 1 is 1.38 bits per heavy atom. The molecule has 1 aliphatic heterocycles. The SMILES string of the molecule is CC1(COOC(=O)c2ccccc2)CNC1. The molecule has 0 radical (unpaired) electrons. The maximum atomic E-state index is 11.5. The molecule has 1 N–H and O–H groups in total. The van der Waals surface area contributed by atoms with Crippen LogP contribution in [-0.2, 0) is 9.78 Å². The highest BCUT2D eigenvalue weighted by atomic mass is 17.2. The van der Waals surface area contributed by atoms with Crippen molar-refractivity contribution < 1.29 is 14.6 Å². The number of hydrogen-bond donors (Lipinski definition) is 1. The van der Waals surface area contributed by atoms with Crippen molar-refractivity contribution >= 4 is 5.97 Å². The fourth-order valence-corrected chi connectivity index (χ4v) is 1.50. The molecule has 1 heterocycles. The number of rotatable bonds is 4. The lowest BCUT2D eigenvalue weighted by atomic mass is 9.85. The molecular formula is C12H15NO3. The number of benzene rings is 1. The predicted octanol–water partition coefficient (Wildman–Crippen LogP) is 1.38. The van der Waals surface area contributed by atoms with Gasteiger partial charge in [0.25, 0.3) is 0 Å². The molecule has 4 heteroatoms. The molecule has 0 aliphatic carbocycles. The second-order valence-corrected chi connectivity index (χ2v) is 4.41. The van der Waals surface area contributed by atoms with Gasteiger partial charge >= 0.3 is 5.97 Å². The van der Waals surface area contributed by atoms with Crippen molar-refractivity contribution in [2.75, 3.05) is 19.7 Å². The zero-order chi connectivity index (χ0) is 11.4. The highest BCUT2D eigenvalue weighted by molar-refractivity contribution is 5.88. The predicted molar refractivity (Wildman–Crippen MR) is 58.8 cm³/mol. The van der Waals surface area contributed by atoms with Crippen LogP contribution >= 0.6 is 0 Å². The van der Waals surface area contributed by atoms with Gasteiger partial charge in [0.05, 0.1) is 5.56 Å². The minimum Gasteiger partial charge on any atom is -0.315 e. The summed E-state index contributed by atoms with van der Waals surface area (Å²) in [6.07, 6.45) is 0. The average Bonchev–Trinajstić information content (AvgIpc) is 2.28. The normalized spacial score (nSPS) is 17.6. The largest absolute Gasteiger partial charge is 0.373 e. The maximum Gasteiger partial charge on any atom is 0.373 e. The molecule has 1 aliphatic rings. The third-order valence-corrected chi connectivity index (χ3v) is 2.66. The van der Waals surface area contributed by atoms with Crippen LogP contribution in [0.4, 0.5) is 0 Å².